The summed E-state index contributed by atoms with van der Waals surface area (Å²) in [5.74, 6) is 0.502. The minimum atomic E-state index is -1.34. The van der Waals surface area contributed by atoms with Gasteiger partial charge in [0.05, 0.1) is 30.9 Å². The molecule has 228 valence electrons. The average molecular weight is 592 g/mol. The Morgan fingerprint density at radius 3 is 2.00 bits per heavy atom. The van der Waals surface area contributed by atoms with Crippen molar-refractivity contribution in [2.45, 2.75) is 44.6 Å². The predicted molar refractivity (Wildman–Crippen MR) is 158 cm³/mol. The molecule has 0 radical (unpaired) electrons. The lowest BCUT2D eigenvalue weighted by Crippen LogP contribution is -2.41. The lowest BCUT2D eigenvalue weighted by Gasteiger charge is -2.31. The van der Waals surface area contributed by atoms with Crippen LogP contribution >= 0.6 is 0 Å². The maximum Gasteiger partial charge on any atom is 0.506 e. The molecule has 0 spiro atoms. The molecule has 1 fully saturated rings. The normalized spacial score (nSPS) is 13.3. The number of hydrogen-bond donors (Lipinski definition) is 2. The molecule has 0 aromatic heterocycles. The van der Waals surface area contributed by atoms with Crippen molar-refractivity contribution in [2.24, 2.45) is 0 Å². The number of carbonyl (C=O) groups is 3. The zero-order chi connectivity index (χ0) is 30.4. The fourth-order valence-electron chi connectivity index (χ4n) is 4.76. The first kappa shape index (κ1) is 31.2. The molecular weight excluding hydrogens is 554 g/mol. The van der Waals surface area contributed by atoms with Crippen molar-refractivity contribution >= 4 is 18.0 Å². The van der Waals surface area contributed by atoms with Crippen molar-refractivity contribution < 1.29 is 43.5 Å². The number of benzene rings is 3. The number of ether oxygens (including phenoxy) is 4. The first-order valence-electron chi connectivity index (χ1n) is 14.5. The molecule has 1 aliphatic heterocycles. The van der Waals surface area contributed by atoms with Gasteiger partial charge < -0.3 is 34.1 Å². The Kier molecular flexibility index (Phi) is 11.6. The standard InChI is InChI=1S/C33H37NO9/c35-31(34-18-16-28(17-19-34)43-33(38)39)29-23-25(32(36)37)12-15-30(29)42-22-6-7-24-10-13-27(14-11-24)41-21-5-4-20-40-26-8-2-1-3-9-26/h1-3,8-15,23,28H,4-7,16-22H2,(H,36,37)(H,38,39). The molecule has 3 aromatic rings. The van der Waals surface area contributed by atoms with Crippen LogP contribution in [0.2, 0.25) is 0 Å². The summed E-state index contributed by atoms with van der Waals surface area (Å²) in [4.78, 5) is 37.2. The SMILES string of the molecule is O=C(O)OC1CCN(C(=O)c2cc(C(=O)O)ccc2OCCCc2ccc(OCCCCOc3ccccc3)cc2)CC1. The summed E-state index contributed by atoms with van der Waals surface area (Å²) in [6, 6.07) is 21.9. The monoisotopic (exact) mass is 591 g/mol. The van der Waals surface area contributed by atoms with Crippen LogP contribution in [0.4, 0.5) is 4.79 Å². The maximum atomic E-state index is 13.3. The molecule has 0 atom stereocenters. The van der Waals surface area contributed by atoms with Gasteiger partial charge in [0.15, 0.2) is 0 Å². The van der Waals surface area contributed by atoms with Gasteiger partial charge in [-0.15, -0.1) is 0 Å². The van der Waals surface area contributed by atoms with Gasteiger partial charge in [-0.05, 0) is 73.7 Å². The Bertz CT molecular complexity index is 1340. The van der Waals surface area contributed by atoms with Crippen molar-refractivity contribution in [3.63, 3.8) is 0 Å². The van der Waals surface area contributed by atoms with Crippen molar-refractivity contribution in [1.29, 1.82) is 0 Å². The number of carbonyl (C=O) groups excluding carboxylic acids is 1. The zero-order valence-electron chi connectivity index (χ0n) is 24.0. The summed E-state index contributed by atoms with van der Waals surface area (Å²) in [5.41, 5.74) is 1.28. The number of carboxylic acids is 1. The van der Waals surface area contributed by atoms with E-state index >= 15 is 0 Å². The van der Waals surface area contributed by atoms with Crippen LogP contribution in [0.25, 0.3) is 0 Å². The number of aromatic carboxylic acids is 1. The fraction of sp³-hybridized carbons (Fsp3) is 0.364. The van der Waals surface area contributed by atoms with Crippen LogP contribution in [0.5, 0.6) is 17.2 Å². The third-order valence-electron chi connectivity index (χ3n) is 7.06. The number of para-hydroxylation sites is 1. The van der Waals surface area contributed by atoms with Gasteiger partial charge in [0.2, 0.25) is 0 Å². The Labute approximate surface area is 250 Å². The van der Waals surface area contributed by atoms with Gasteiger partial charge in [0.25, 0.3) is 5.91 Å². The topological polar surface area (TPSA) is 132 Å². The highest BCUT2D eigenvalue weighted by molar-refractivity contribution is 6.00. The Balaban J connectivity index is 1.20. The number of likely N-dealkylation sites (tertiary alicyclic amines) is 1. The summed E-state index contributed by atoms with van der Waals surface area (Å²) in [6.45, 7) is 2.20. The van der Waals surface area contributed by atoms with E-state index in [-0.39, 0.29) is 17.0 Å². The number of rotatable bonds is 15. The largest absolute Gasteiger partial charge is 0.506 e. The summed E-state index contributed by atoms with van der Waals surface area (Å²) >= 11 is 0. The molecule has 2 N–H and O–H groups in total. The number of carboxylic acid groups (broad SMARTS) is 2. The molecule has 1 amide bonds. The minimum Gasteiger partial charge on any atom is -0.494 e. The molecule has 10 heteroatoms. The Hall–Kier alpha value is -4.73. The van der Waals surface area contributed by atoms with Gasteiger partial charge >= 0.3 is 12.1 Å². The Morgan fingerprint density at radius 1 is 0.744 bits per heavy atom. The summed E-state index contributed by atoms with van der Waals surface area (Å²) in [5, 5.41) is 18.3. The molecule has 1 aliphatic rings. The van der Waals surface area contributed by atoms with Gasteiger partial charge in [-0.2, -0.15) is 0 Å². The van der Waals surface area contributed by atoms with Gasteiger partial charge in [0, 0.05) is 25.9 Å². The molecule has 0 unspecified atom stereocenters. The van der Waals surface area contributed by atoms with Crippen molar-refractivity contribution in [3.05, 3.63) is 89.5 Å². The van der Waals surface area contributed by atoms with Crippen LogP contribution in [0, 0.1) is 0 Å². The van der Waals surface area contributed by atoms with Gasteiger partial charge in [0.1, 0.15) is 23.4 Å². The third kappa shape index (κ3) is 9.95. The van der Waals surface area contributed by atoms with E-state index in [0.717, 1.165) is 36.3 Å². The van der Waals surface area contributed by atoms with Gasteiger partial charge in [-0.25, -0.2) is 9.59 Å². The molecule has 1 saturated heterocycles. The molecule has 43 heavy (non-hydrogen) atoms. The van der Waals surface area contributed by atoms with E-state index in [0.29, 0.717) is 57.9 Å². The lowest BCUT2D eigenvalue weighted by molar-refractivity contribution is 0.0198. The second-order valence-corrected chi connectivity index (χ2v) is 10.2. The zero-order valence-corrected chi connectivity index (χ0v) is 24.0. The van der Waals surface area contributed by atoms with E-state index in [9.17, 15) is 19.5 Å². The molecule has 0 aliphatic carbocycles. The highest BCUT2D eigenvalue weighted by Gasteiger charge is 2.28. The number of nitrogens with zero attached hydrogens (tertiary/aromatic N) is 1. The molecule has 3 aromatic carbocycles. The number of amides is 1. The van der Waals surface area contributed by atoms with E-state index < -0.39 is 18.2 Å². The van der Waals surface area contributed by atoms with Crippen molar-refractivity contribution in [2.75, 3.05) is 32.9 Å². The van der Waals surface area contributed by atoms with E-state index in [4.69, 9.17) is 24.1 Å². The maximum absolute atomic E-state index is 13.3. The first-order valence-corrected chi connectivity index (χ1v) is 14.5. The van der Waals surface area contributed by atoms with E-state index in [1.54, 1.807) is 4.90 Å². The second kappa shape index (κ2) is 16.1. The number of hydrogen-bond acceptors (Lipinski definition) is 7. The fourth-order valence-corrected chi connectivity index (χ4v) is 4.76. The lowest BCUT2D eigenvalue weighted by atomic mass is 10.0. The van der Waals surface area contributed by atoms with Crippen LogP contribution in [0.3, 0.4) is 0 Å². The minimum absolute atomic E-state index is 0.0115. The van der Waals surface area contributed by atoms with Gasteiger partial charge in [-0.3, -0.25) is 4.79 Å². The smallest absolute Gasteiger partial charge is 0.494 e. The highest BCUT2D eigenvalue weighted by Crippen LogP contribution is 2.25. The first-order chi connectivity index (χ1) is 20.9. The predicted octanol–water partition coefficient (Wildman–Crippen LogP) is 5.93. The van der Waals surface area contributed by atoms with Crippen molar-refractivity contribution in [3.8, 4) is 17.2 Å². The Morgan fingerprint density at radius 2 is 1.37 bits per heavy atom. The van der Waals surface area contributed by atoms with Crippen LogP contribution in [0.1, 0.15) is 58.4 Å². The van der Waals surface area contributed by atoms with E-state index in [1.807, 2.05) is 54.6 Å². The summed E-state index contributed by atoms with van der Waals surface area (Å²) < 4.78 is 22.3. The van der Waals surface area contributed by atoms with E-state index in [2.05, 4.69) is 0 Å². The van der Waals surface area contributed by atoms with Crippen LogP contribution in [-0.4, -0.2) is 72.2 Å². The number of aryl methyl sites for hydroxylation is 1. The van der Waals surface area contributed by atoms with Crippen LogP contribution < -0.4 is 14.2 Å². The van der Waals surface area contributed by atoms with Crippen molar-refractivity contribution in [1.82, 2.24) is 4.90 Å². The summed E-state index contributed by atoms with van der Waals surface area (Å²) in [7, 11) is 0. The van der Waals surface area contributed by atoms with Crippen LogP contribution in [-0.2, 0) is 11.2 Å². The quantitative estimate of drug-likeness (QED) is 0.163. The number of piperidine rings is 1. The summed E-state index contributed by atoms with van der Waals surface area (Å²) in [6.07, 6.45) is 2.18. The highest BCUT2D eigenvalue weighted by atomic mass is 16.7. The number of unbranched alkanes of at least 4 members (excludes halogenated alkanes) is 1. The molecule has 0 saturated carbocycles. The van der Waals surface area contributed by atoms with Gasteiger partial charge in [-0.1, -0.05) is 30.3 Å². The molecule has 4 rings (SSSR count). The third-order valence-corrected chi connectivity index (χ3v) is 7.06. The molecule has 0 bridgehead atoms. The average Bonchev–Trinajstić information content (AvgIpc) is 3.02. The van der Waals surface area contributed by atoms with E-state index in [1.165, 1.54) is 18.2 Å². The second-order valence-electron chi connectivity index (χ2n) is 10.2. The molecule has 10 nitrogen and oxygen atoms in total. The molecular formula is C33H37NO9. The molecule has 1 heterocycles. The van der Waals surface area contributed by atoms with Crippen LogP contribution in [0.15, 0.2) is 72.8 Å².